The summed E-state index contributed by atoms with van der Waals surface area (Å²) in [5, 5.41) is 4.11. The maximum Gasteiger partial charge on any atom is 0.283 e. The fraction of sp³-hybridized carbons (Fsp3) is 0.346. The van der Waals surface area contributed by atoms with Crippen molar-refractivity contribution < 1.29 is 25.6 Å². The molecule has 0 atom stereocenters. The van der Waals surface area contributed by atoms with Crippen LogP contribution in [-0.2, 0) is 19.9 Å². The maximum atomic E-state index is 14.6. The standard InChI is InChI=1S/C26H25ClF2N6O4S2/c1-16(2)40(36,37)19-3-5-20(6-4-19)41(38,39)35-22-12-17(28)11-21(27)23(22)24(32-35)34-10-9-33(15-26(34)7-8-26)25-30-13-18(29)14-31-25/h3-6,11-14,16H,7-10,15H2,1-2H3. The van der Waals surface area contributed by atoms with Gasteiger partial charge in [0.25, 0.3) is 10.0 Å². The Morgan fingerprint density at radius 1 is 0.927 bits per heavy atom. The molecule has 6 rings (SSSR count). The average molecular weight is 623 g/mol. The zero-order valence-corrected chi connectivity index (χ0v) is 24.4. The topological polar surface area (TPSA) is 118 Å². The van der Waals surface area contributed by atoms with Gasteiger partial charge in [-0.2, -0.15) is 12.5 Å². The lowest BCUT2D eigenvalue weighted by Crippen LogP contribution is -2.56. The van der Waals surface area contributed by atoms with E-state index in [9.17, 15) is 25.6 Å². The van der Waals surface area contributed by atoms with E-state index in [1.165, 1.54) is 38.1 Å². The maximum absolute atomic E-state index is 14.6. The van der Waals surface area contributed by atoms with Crippen LogP contribution < -0.4 is 9.80 Å². The van der Waals surface area contributed by atoms with Crippen molar-refractivity contribution in [1.82, 2.24) is 19.2 Å². The smallest absolute Gasteiger partial charge is 0.283 e. The first-order valence-corrected chi connectivity index (χ1v) is 16.2. The number of halogens is 3. The van der Waals surface area contributed by atoms with Crippen molar-refractivity contribution in [3.8, 4) is 0 Å². The van der Waals surface area contributed by atoms with Crippen LogP contribution >= 0.6 is 11.6 Å². The van der Waals surface area contributed by atoms with E-state index < -0.39 is 42.3 Å². The highest BCUT2D eigenvalue weighted by Gasteiger charge is 2.53. The SMILES string of the molecule is CC(C)S(=O)(=O)c1ccc(S(=O)(=O)n2nc(N3CCN(c4ncc(F)cn4)CC34CC4)c3c(Cl)cc(F)cc32)cc1. The van der Waals surface area contributed by atoms with Gasteiger partial charge in [-0.05, 0) is 57.0 Å². The second kappa shape index (κ2) is 9.60. The highest BCUT2D eigenvalue weighted by Crippen LogP contribution is 2.49. The summed E-state index contributed by atoms with van der Waals surface area (Å²) in [6.07, 6.45) is 3.76. The summed E-state index contributed by atoms with van der Waals surface area (Å²) in [6, 6.07) is 7.04. The molecule has 1 spiro atoms. The number of aromatic nitrogens is 4. The Balaban J connectivity index is 1.42. The van der Waals surface area contributed by atoms with E-state index in [2.05, 4.69) is 15.1 Å². The summed E-state index contributed by atoms with van der Waals surface area (Å²) >= 11 is 6.50. The van der Waals surface area contributed by atoms with Crippen LogP contribution in [0.3, 0.4) is 0 Å². The van der Waals surface area contributed by atoms with Crippen molar-refractivity contribution in [3.05, 3.63) is 65.4 Å². The Bertz CT molecular complexity index is 1880. The van der Waals surface area contributed by atoms with Crippen molar-refractivity contribution in [2.24, 2.45) is 0 Å². The molecule has 216 valence electrons. The van der Waals surface area contributed by atoms with Crippen LogP contribution in [0.4, 0.5) is 20.5 Å². The van der Waals surface area contributed by atoms with Gasteiger partial charge in [0.1, 0.15) is 5.82 Å². The molecule has 0 amide bonds. The third-order valence-corrected chi connectivity index (χ3v) is 11.6. The van der Waals surface area contributed by atoms with E-state index in [1.54, 1.807) is 0 Å². The number of hydrogen-bond donors (Lipinski definition) is 0. The highest BCUT2D eigenvalue weighted by molar-refractivity contribution is 7.92. The lowest BCUT2D eigenvalue weighted by Gasteiger charge is -2.42. The Morgan fingerprint density at radius 3 is 2.17 bits per heavy atom. The molecule has 3 heterocycles. The van der Waals surface area contributed by atoms with E-state index in [-0.39, 0.29) is 25.7 Å². The summed E-state index contributed by atoms with van der Waals surface area (Å²) in [7, 11) is -8.00. The molecule has 10 nitrogen and oxygen atoms in total. The summed E-state index contributed by atoms with van der Waals surface area (Å²) in [5.74, 6) is -0.587. The third-order valence-electron chi connectivity index (χ3n) is 7.57. The van der Waals surface area contributed by atoms with Gasteiger partial charge >= 0.3 is 0 Å². The van der Waals surface area contributed by atoms with Crippen molar-refractivity contribution >= 4 is 54.1 Å². The van der Waals surface area contributed by atoms with Crippen molar-refractivity contribution in [3.63, 3.8) is 0 Å². The van der Waals surface area contributed by atoms with Crippen LogP contribution in [0, 0.1) is 11.6 Å². The third kappa shape index (κ3) is 4.61. The molecule has 2 aromatic carbocycles. The predicted molar refractivity (Wildman–Crippen MR) is 150 cm³/mol. The molecule has 2 aromatic heterocycles. The molecule has 2 fully saturated rings. The normalized spacial score (nSPS) is 17.1. The van der Waals surface area contributed by atoms with E-state index in [1.807, 2.05) is 9.80 Å². The van der Waals surface area contributed by atoms with Crippen LogP contribution in [0.5, 0.6) is 0 Å². The fourth-order valence-electron chi connectivity index (χ4n) is 5.19. The molecule has 41 heavy (non-hydrogen) atoms. The summed E-state index contributed by atoms with van der Waals surface area (Å²) < 4.78 is 81.4. The summed E-state index contributed by atoms with van der Waals surface area (Å²) in [5.41, 5.74) is -0.458. The zero-order valence-electron chi connectivity index (χ0n) is 22.0. The Kier molecular flexibility index (Phi) is 6.51. The molecule has 0 radical (unpaired) electrons. The molecule has 0 unspecified atom stereocenters. The van der Waals surface area contributed by atoms with Gasteiger partial charge in [0.2, 0.25) is 5.95 Å². The van der Waals surface area contributed by atoms with Gasteiger partial charge in [-0.15, -0.1) is 5.10 Å². The number of piperazine rings is 1. The van der Waals surface area contributed by atoms with Gasteiger partial charge in [0, 0.05) is 25.7 Å². The summed E-state index contributed by atoms with van der Waals surface area (Å²) in [6.45, 7) is 4.41. The van der Waals surface area contributed by atoms with Gasteiger partial charge < -0.3 is 9.80 Å². The van der Waals surface area contributed by atoms with Gasteiger partial charge in [0.15, 0.2) is 21.5 Å². The lowest BCUT2D eigenvalue weighted by atomic mass is 10.1. The first kappa shape index (κ1) is 27.8. The van der Waals surface area contributed by atoms with E-state index in [4.69, 9.17) is 11.6 Å². The number of benzene rings is 2. The molecule has 1 aliphatic heterocycles. The second-order valence-corrected chi connectivity index (χ2v) is 15.2. The molecule has 0 bridgehead atoms. The quantitative estimate of drug-likeness (QED) is 0.314. The van der Waals surface area contributed by atoms with Crippen molar-refractivity contribution in [2.45, 2.75) is 47.3 Å². The largest absolute Gasteiger partial charge is 0.345 e. The molecular formula is C26H25ClF2N6O4S2. The molecule has 0 N–H and O–H groups in total. The van der Waals surface area contributed by atoms with Crippen LogP contribution in [-0.4, -0.2) is 66.4 Å². The first-order valence-electron chi connectivity index (χ1n) is 12.8. The van der Waals surface area contributed by atoms with Crippen LogP contribution in [0.15, 0.2) is 58.6 Å². The van der Waals surface area contributed by atoms with Crippen molar-refractivity contribution in [2.75, 3.05) is 29.4 Å². The predicted octanol–water partition coefficient (Wildman–Crippen LogP) is 4.04. The second-order valence-electron chi connectivity index (χ2n) is 10.5. The minimum atomic E-state index is -4.38. The number of hydrogen-bond acceptors (Lipinski definition) is 9. The molecule has 15 heteroatoms. The molecule has 2 aliphatic rings. The van der Waals surface area contributed by atoms with Gasteiger partial charge in [-0.25, -0.2) is 27.2 Å². The average Bonchev–Trinajstić information content (AvgIpc) is 3.57. The number of rotatable bonds is 6. The van der Waals surface area contributed by atoms with Gasteiger partial charge in [-0.3, -0.25) is 0 Å². The Hall–Kier alpha value is -3.36. The van der Waals surface area contributed by atoms with E-state index >= 15 is 0 Å². The monoisotopic (exact) mass is 622 g/mol. The van der Waals surface area contributed by atoms with Gasteiger partial charge in [0.05, 0.1) is 48.9 Å². The zero-order chi connectivity index (χ0) is 29.3. The molecule has 4 aromatic rings. The minimum Gasteiger partial charge on any atom is -0.345 e. The number of fused-ring (bicyclic) bond motifs is 1. The van der Waals surface area contributed by atoms with Gasteiger partial charge in [-0.1, -0.05) is 11.6 Å². The van der Waals surface area contributed by atoms with Crippen LogP contribution in [0.2, 0.25) is 5.02 Å². The number of sulfone groups is 1. The molecule has 1 saturated carbocycles. The highest BCUT2D eigenvalue weighted by atomic mass is 35.5. The lowest BCUT2D eigenvalue weighted by molar-refractivity contribution is 0.497. The van der Waals surface area contributed by atoms with Crippen LogP contribution in [0.25, 0.3) is 10.9 Å². The molecule has 1 aliphatic carbocycles. The van der Waals surface area contributed by atoms with E-state index in [0.29, 0.717) is 31.4 Å². The number of anilines is 2. The fourth-order valence-corrected chi connectivity index (χ4v) is 7.80. The van der Waals surface area contributed by atoms with Crippen molar-refractivity contribution in [1.29, 1.82) is 0 Å². The molecule has 1 saturated heterocycles. The minimum absolute atomic E-state index is 0.00904. The summed E-state index contributed by atoms with van der Waals surface area (Å²) in [4.78, 5) is 11.9. The Morgan fingerprint density at radius 2 is 1.56 bits per heavy atom. The molecular weight excluding hydrogens is 598 g/mol. The Labute approximate surface area is 240 Å². The van der Waals surface area contributed by atoms with E-state index in [0.717, 1.165) is 41.5 Å². The van der Waals surface area contributed by atoms with Crippen LogP contribution in [0.1, 0.15) is 26.7 Å². The first-order chi connectivity index (χ1) is 19.3. The number of nitrogens with zero attached hydrogens (tertiary/aromatic N) is 6.